The third kappa shape index (κ3) is 9.12. The Labute approximate surface area is 293 Å². The van der Waals surface area contributed by atoms with Gasteiger partial charge in [0.15, 0.2) is 6.29 Å². The Morgan fingerprint density at radius 1 is 0.880 bits per heavy atom. The summed E-state index contributed by atoms with van der Waals surface area (Å²) >= 11 is 1.47. The first-order valence-electron chi connectivity index (χ1n) is 16.2. The summed E-state index contributed by atoms with van der Waals surface area (Å²) in [4.78, 5) is 22.8. The number of hydrogen-bond acceptors (Lipinski definition) is 10. The molecule has 0 radical (unpaired) electrons. The highest BCUT2D eigenvalue weighted by Gasteiger charge is 2.32. The van der Waals surface area contributed by atoms with Crippen LogP contribution in [0.25, 0.3) is 16.8 Å². The predicted octanol–water partition coefficient (Wildman–Crippen LogP) is 5.74. The number of phenols is 1. The standard InChI is InChI=1S/C37H37N5O7S/c43-22-24-7-9-27(10-8-24)33-20-32(23-50-37-39-40-41-42(37)30-15-17-31(44)18-16-30)48-36(49-33)28-13-11-26(12-14-28)29-4-1-3-25(19-29)21-38-34(45)5-2-6-35(46)47/h1,3-4,7-19,32-33,36,43-44H,2,5-6,20-23H2,(H,38,45)(H,46,47)/t32-,33+,36+/m1/s1. The number of carboxylic acids is 1. The topological polar surface area (TPSA) is 169 Å². The number of aromatic hydroxyl groups is 1. The highest BCUT2D eigenvalue weighted by atomic mass is 32.2. The van der Waals surface area contributed by atoms with Crippen molar-refractivity contribution in [1.29, 1.82) is 0 Å². The van der Waals surface area contributed by atoms with Gasteiger partial charge in [0, 0.05) is 37.1 Å². The number of aliphatic hydroxyl groups is 1. The molecule has 12 nitrogen and oxygen atoms in total. The van der Waals surface area contributed by atoms with Crippen molar-refractivity contribution < 1.29 is 34.4 Å². The van der Waals surface area contributed by atoms with Gasteiger partial charge in [-0.25, -0.2) is 0 Å². The first-order chi connectivity index (χ1) is 24.3. The van der Waals surface area contributed by atoms with Crippen molar-refractivity contribution in [3.63, 3.8) is 0 Å². The van der Waals surface area contributed by atoms with Crippen LogP contribution < -0.4 is 5.32 Å². The van der Waals surface area contributed by atoms with E-state index in [0.717, 1.165) is 39.1 Å². The van der Waals surface area contributed by atoms with Crippen molar-refractivity contribution in [3.05, 3.63) is 119 Å². The van der Waals surface area contributed by atoms with E-state index in [1.54, 1.807) is 28.9 Å². The lowest BCUT2D eigenvalue weighted by Crippen LogP contribution is -2.31. The van der Waals surface area contributed by atoms with Crippen LogP contribution in [0, 0.1) is 0 Å². The highest BCUT2D eigenvalue weighted by Crippen LogP contribution is 2.40. The molecule has 6 rings (SSSR count). The average molecular weight is 696 g/mol. The minimum Gasteiger partial charge on any atom is -0.508 e. The lowest BCUT2D eigenvalue weighted by Gasteiger charge is -2.36. The summed E-state index contributed by atoms with van der Waals surface area (Å²) in [5.74, 6) is -0.369. The maximum absolute atomic E-state index is 12.1. The largest absolute Gasteiger partial charge is 0.508 e. The van der Waals surface area contributed by atoms with Gasteiger partial charge < -0.3 is 30.1 Å². The van der Waals surface area contributed by atoms with E-state index in [0.29, 0.717) is 30.3 Å². The van der Waals surface area contributed by atoms with Gasteiger partial charge in [-0.15, -0.1) is 5.10 Å². The molecular formula is C37H37N5O7S. The molecule has 0 unspecified atom stereocenters. The Morgan fingerprint density at radius 3 is 2.38 bits per heavy atom. The molecule has 0 saturated carbocycles. The fourth-order valence-electron chi connectivity index (χ4n) is 5.60. The predicted molar refractivity (Wildman–Crippen MR) is 185 cm³/mol. The number of aromatic nitrogens is 4. The number of carbonyl (C=O) groups is 2. The minimum absolute atomic E-state index is 0.0302. The number of carbonyl (C=O) groups excluding carboxylic acids is 1. The molecular weight excluding hydrogens is 659 g/mol. The molecule has 4 aromatic carbocycles. The van der Waals surface area contributed by atoms with E-state index in [1.165, 1.54) is 11.8 Å². The monoisotopic (exact) mass is 695 g/mol. The van der Waals surface area contributed by atoms with Crippen molar-refractivity contribution in [2.75, 3.05) is 5.75 Å². The van der Waals surface area contributed by atoms with Gasteiger partial charge in [0.25, 0.3) is 0 Å². The number of nitrogens with zero attached hydrogens (tertiary/aromatic N) is 4. The maximum atomic E-state index is 12.1. The molecule has 1 saturated heterocycles. The Bertz CT molecular complexity index is 1880. The second-order valence-corrected chi connectivity index (χ2v) is 12.9. The van der Waals surface area contributed by atoms with E-state index >= 15 is 0 Å². The molecule has 0 bridgehead atoms. The number of benzene rings is 4. The van der Waals surface area contributed by atoms with Crippen molar-refractivity contribution in [2.45, 2.75) is 62.5 Å². The molecule has 4 N–H and O–H groups in total. The number of amides is 1. The van der Waals surface area contributed by atoms with Crippen LogP contribution in [0.1, 0.15) is 60.3 Å². The van der Waals surface area contributed by atoms with Crippen LogP contribution in [0.4, 0.5) is 0 Å². The highest BCUT2D eigenvalue weighted by molar-refractivity contribution is 7.99. The van der Waals surface area contributed by atoms with E-state index in [-0.39, 0.29) is 43.3 Å². The summed E-state index contributed by atoms with van der Waals surface area (Å²) in [5, 5.41) is 43.7. The van der Waals surface area contributed by atoms with Gasteiger partial charge in [-0.2, -0.15) is 4.68 Å². The van der Waals surface area contributed by atoms with Gasteiger partial charge in [0.2, 0.25) is 11.1 Å². The fraction of sp³-hybridized carbons (Fsp3) is 0.270. The first-order valence-corrected chi connectivity index (χ1v) is 17.2. The van der Waals surface area contributed by atoms with Crippen molar-refractivity contribution in [2.24, 2.45) is 0 Å². The van der Waals surface area contributed by atoms with E-state index in [2.05, 4.69) is 20.8 Å². The number of rotatable bonds is 14. The first kappa shape index (κ1) is 34.8. The second kappa shape index (κ2) is 16.5. The Balaban J connectivity index is 1.15. The molecule has 13 heteroatoms. The number of tetrazole rings is 1. The molecule has 50 heavy (non-hydrogen) atoms. The smallest absolute Gasteiger partial charge is 0.303 e. The summed E-state index contributed by atoms with van der Waals surface area (Å²) in [6, 6.07) is 30.3. The molecule has 0 aliphatic carbocycles. The molecule has 5 aromatic rings. The third-order valence-electron chi connectivity index (χ3n) is 8.28. The zero-order valence-electron chi connectivity index (χ0n) is 27.1. The Hall–Kier alpha value is -5.08. The molecule has 3 atom stereocenters. The van der Waals surface area contributed by atoms with Crippen LogP contribution in [-0.2, 0) is 32.2 Å². The van der Waals surface area contributed by atoms with Crippen molar-refractivity contribution in [3.8, 4) is 22.6 Å². The molecule has 1 aliphatic rings. The molecule has 1 aliphatic heterocycles. The Morgan fingerprint density at radius 2 is 1.64 bits per heavy atom. The zero-order valence-corrected chi connectivity index (χ0v) is 27.9. The molecule has 1 fully saturated rings. The summed E-state index contributed by atoms with van der Waals surface area (Å²) in [6.07, 6.45) is -0.0494. The van der Waals surface area contributed by atoms with Crippen LogP contribution in [0.3, 0.4) is 0 Å². The quantitative estimate of drug-likeness (QED) is 0.105. The Kier molecular flexibility index (Phi) is 11.5. The SMILES string of the molecule is O=C(O)CCCC(=O)NCc1cccc(-c2ccc([C@H]3O[C@@H](CSc4nnnn4-c4ccc(O)cc4)C[C@@H](c4ccc(CO)cc4)O3)cc2)c1. The van der Waals surface area contributed by atoms with E-state index in [9.17, 15) is 19.8 Å². The van der Waals surface area contributed by atoms with Crippen LogP contribution in [-0.4, -0.2) is 59.3 Å². The normalized spacial score (nSPS) is 17.3. The van der Waals surface area contributed by atoms with E-state index < -0.39 is 12.3 Å². The number of phenolic OH excluding ortho intramolecular Hbond substituents is 1. The maximum Gasteiger partial charge on any atom is 0.303 e. The second-order valence-electron chi connectivity index (χ2n) is 11.9. The fourth-order valence-corrected chi connectivity index (χ4v) is 6.51. The zero-order chi connectivity index (χ0) is 34.9. The van der Waals surface area contributed by atoms with Gasteiger partial charge in [-0.3, -0.25) is 9.59 Å². The molecule has 1 aromatic heterocycles. The van der Waals surface area contributed by atoms with Crippen molar-refractivity contribution >= 4 is 23.6 Å². The van der Waals surface area contributed by atoms with Gasteiger partial charge in [-0.1, -0.05) is 78.5 Å². The summed E-state index contributed by atoms with van der Waals surface area (Å²) < 4.78 is 14.7. The number of thioether (sulfide) groups is 1. The number of nitrogens with one attached hydrogen (secondary N) is 1. The van der Waals surface area contributed by atoms with Crippen LogP contribution in [0.5, 0.6) is 5.75 Å². The average Bonchev–Trinajstić information content (AvgIpc) is 3.62. The van der Waals surface area contributed by atoms with Crippen molar-refractivity contribution in [1.82, 2.24) is 25.5 Å². The minimum atomic E-state index is -0.910. The van der Waals surface area contributed by atoms with Gasteiger partial charge in [-0.05, 0) is 75.0 Å². The molecule has 0 spiro atoms. The lowest BCUT2D eigenvalue weighted by molar-refractivity contribution is -0.245. The summed E-state index contributed by atoms with van der Waals surface area (Å²) in [5.41, 5.74) is 6.31. The van der Waals surface area contributed by atoms with Crippen LogP contribution in [0.15, 0.2) is 102 Å². The number of carboxylic acid groups (broad SMARTS) is 1. The van der Waals surface area contributed by atoms with Gasteiger partial charge >= 0.3 is 5.97 Å². The van der Waals surface area contributed by atoms with Gasteiger partial charge in [0.1, 0.15) is 5.75 Å². The number of hydrogen-bond donors (Lipinski definition) is 4. The number of aliphatic hydroxyl groups excluding tert-OH is 1. The molecule has 1 amide bonds. The summed E-state index contributed by atoms with van der Waals surface area (Å²) in [7, 11) is 0. The lowest BCUT2D eigenvalue weighted by atomic mass is 9.99. The van der Waals surface area contributed by atoms with E-state index in [1.807, 2.05) is 72.8 Å². The third-order valence-corrected chi connectivity index (χ3v) is 9.33. The molecule has 258 valence electrons. The number of aliphatic carboxylic acids is 1. The molecule has 2 heterocycles. The number of ether oxygens (including phenoxy) is 2. The van der Waals surface area contributed by atoms with Crippen LogP contribution in [0.2, 0.25) is 0 Å². The summed E-state index contributed by atoms with van der Waals surface area (Å²) in [6.45, 7) is 0.314. The van der Waals surface area contributed by atoms with Gasteiger partial charge in [0.05, 0.1) is 24.5 Å². The van der Waals surface area contributed by atoms with E-state index in [4.69, 9.17) is 14.6 Å². The van der Waals surface area contributed by atoms with Crippen LogP contribution >= 0.6 is 11.8 Å².